The maximum Gasteiger partial charge on any atom is 0.307 e. The van der Waals surface area contributed by atoms with Crippen LogP contribution in [-0.2, 0) is 9.59 Å². The van der Waals surface area contributed by atoms with Gasteiger partial charge in [0.15, 0.2) is 0 Å². The van der Waals surface area contributed by atoms with Gasteiger partial charge in [-0.1, -0.05) is 37.0 Å². The topological polar surface area (TPSA) is 66.4 Å². The largest absolute Gasteiger partial charge is 0.481 e. The van der Waals surface area contributed by atoms with E-state index in [2.05, 4.69) is 5.32 Å². The number of carboxylic acids is 1. The SMILES string of the molecule is CC(C(=O)O)C(C)C(=O)Nc1ccc(Cl)c(Cl)c1. The van der Waals surface area contributed by atoms with Gasteiger partial charge in [-0.3, -0.25) is 9.59 Å². The van der Waals surface area contributed by atoms with E-state index in [9.17, 15) is 9.59 Å². The molecular weight excluding hydrogens is 277 g/mol. The summed E-state index contributed by atoms with van der Waals surface area (Å²) in [5.74, 6) is -2.78. The van der Waals surface area contributed by atoms with Crippen LogP contribution in [0.1, 0.15) is 13.8 Å². The molecule has 2 N–H and O–H groups in total. The fourth-order valence-corrected chi connectivity index (χ4v) is 1.57. The Kier molecular flexibility index (Phi) is 4.99. The Balaban J connectivity index is 2.75. The zero-order valence-corrected chi connectivity index (χ0v) is 11.4. The van der Waals surface area contributed by atoms with Gasteiger partial charge in [0.25, 0.3) is 0 Å². The van der Waals surface area contributed by atoms with E-state index in [0.29, 0.717) is 15.7 Å². The molecule has 0 radical (unpaired) electrons. The van der Waals surface area contributed by atoms with Crippen molar-refractivity contribution in [2.45, 2.75) is 13.8 Å². The summed E-state index contributed by atoms with van der Waals surface area (Å²) >= 11 is 11.6. The molecule has 2 unspecified atom stereocenters. The average Bonchev–Trinajstić information content (AvgIpc) is 2.31. The highest BCUT2D eigenvalue weighted by molar-refractivity contribution is 6.42. The lowest BCUT2D eigenvalue weighted by Gasteiger charge is -2.15. The highest BCUT2D eigenvalue weighted by Crippen LogP contribution is 2.25. The number of nitrogens with one attached hydrogen (secondary N) is 1. The van der Waals surface area contributed by atoms with Crippen molar-refractivity contribution in [3.63, 3.8) is 0 Å². The lowest BCUT2D eigenvalue weighted by atomic mass is 9.95. The van der Waals surface area contributed by atoms with Crippen molar-refractivity contribution >= 4 is 40.8 Å². The van der Waals surface area contributed by atoms with E-state index in [0.717, 1.165) is 0 Å². The molecule has 0 fully saturated rings. The number of carboxylic acid groups (broad SMARTS) is 1. The molecule has 1 aromatic carbocycles. The van der Waals surface area contributed by atoms with Crippen molar-refractivity contribution in [3.8, 4) is 0 Å². The van der Waals surface area contributed by atoms with Gasteiger partial charge < -0.3 is 10.4 Å². The number of hydrogen-bond donors (Lipinski definition) is 2. The fraction of sp³-hybridized carbons (Fsp3) is 0.333. The van der Waals surface area contributed by atoms with Gasteiger partial charge in [-0.2, -0.15) is 0 Å². The summed E-state index contributed by atoms with van der Waals surface area (Å²) in [6.45, 7) is 3.05. The Labute approximate surface area is 115 Å². The Morgan fingerprint density at radius 1 is 1.17 bits per heavy atom. The quantitative estimate of drug-likeness (QED) is 0.894. The van der Waals surface area contributed by atoms with Crippen LogP contribution in [0.2, 0.25) is 10.0 Å². The summed E-state index contributed by atoms with van der Waals surface area (Å²) in [4.78, 5) is 22.6. The van der Waals surface area contributed by atoms with Gasteiger partial charge in [0.2, 0.25) is 5.91 Å². The number of carbonyl (C=O) groups is 2. The van der Waals surface area contributed by atoms with Crippen molar-refractivity contribution in [2.75, 3.05) is 5.32 Å². The first-order chi connectivity index (χ1) is 8.32. The molecule has 1 amide bonds. The molecule has 0 saturated heterocycles. The van der Waals surface area contributed by atoms with Crippen LogP contribution >= 0.6 is 23.2 Å². The van der Waals surface area contributed by atoms with Gasteiger partial charge in [0, 0.05) is 11.6 Å². The minimum absolute atomic E-state index is 0.327. The monoisotopic (exact) mass is 289 g/mol. The van der Waals surface area contributed by atoms with E-state index >= 15 is 0 Å². The van der Waals surface area contributed by atoms with Crippen molar-refractivity contribution in [3.05, 3.63) is 28.2 Å². The number of aliphatic carboxylic acids is 1. The Bertz CT molecular complexity index is 476. The van der Waals surface area contributed by atoms with Crippen LogP contribution in [0, 0.1) is 11.8 Å². The molecule has 1 rings (SSSR count). The molecule has 1 aromatic rings. The minimum atomic E-state index is -1.01. The van der Waals surface area contributed by atoms with E-state index in [1.165, 1.54) is 13.0 Å². The van der Waals surface area contributed by atoms with Crippen molar-refractivity contribution in [2.24, 2.45) is 11.8 Å². The molecule has 0 aliphatic rings. The first-order valence-corrected chi connectivity index (χ1v) is 6.07. The molecule has 2 atom stereocenters. The molecule has 0 spiro atoms. The number of hydrogen-bond acceptors (Lipinski definition) is 2. The average molecular weight is 290 g/mol. The summed E-state index contributed by atoms with van der Waals surface area (Å²) < 4.78 is 0. The molecule has 4 nitrogen and oxygen atoms in total. The van der Waals surface area contributed by atoms with Crippen molar-refractivity contribution in [1.29, 1.82) is 0 Å². The maximum atomic E-state index is 11.8. The number of benzene rings is 1. The lowest BCUT2D eigenvalue weighted by molar-refractivity contribution is -0.145. The van der Waals surface area contributed by atoms with Crippen LogP contribution in [-0.4, -0.2) is 17.0 Å². The predicted molar refractivity (Wildman–Crippen MR) is 71.1 cm³/mol. The van der Waals surface area contributed by atoms with Crippen molar-refractivity contribution in [1.82, 2.24) is 0 Å². The van der Waals surface area contributed by atoms with E-state index in [1.54, 1.807) is 19.1 Å². The summed E-state index contributed by atoms with van der Waals surface area (Å²) in [5.41, 5.74) is 0.485. The van der Waals surface area contributed by atoms with Crippen LogP contribution in [0.4, 0.5) is 5.69 Å². The van der Waals surface area contributed by atoms with Crippen LogP contribution in [0.25, 0.3) is 0 Å². The van der Waals surface area contributed by atoms with Crippen molar-refractivity contribution < 1.29 is 14.7 Å². The summed E-state index contributed by atoms with van der Waals surface area (Å²) in [6, 6.07) is 4.68. The van der Waals surface area contributed by atoms with Crippen LogP contribution < -0.4 is 5.32 Å². The van der Waals surface area contributed by atoms with E-state index < -0.39 is 17.8 Å². The van der Waals surface area contributed by atoms with E-state index in [-0.39, 0.29) is 5.91 Å². The van der Waals surface area contributed by atoms with Gasteiger partial charge in [-0.05, 0) is 18.2 Å². The normalized spacial score (nSPS) is 13.8. The second-order valence-corrected chi connectivity index (χ2v) is 4.85. The Hall–Kier alpha value is -1.26. The second kappa shape index (κ2) is 6.07. The molecule has 0 aliphatic carbocycles. The molecule has 0 heterocycles. The first kappa shape index (κ1) is 14.8. The van der Waals surface area contributed by atoms with Crippen LogP contribution in [0.15, 0.2) is 18.2 Å². The summed E-state index contributed by atoms with van der Waals surface area (Å²) in [7, 11) is 0. The van der Waals surface area contributed by atoms with Crippen LogP contribution in [0.5, 0.6) is 0 Å². The zero-order valence-electron chi connectivity index (χ0n) is 9.91. The maximum absolute atomic E-state index is 11.8. The third-order valence-electron chi connectivity index (χ3n) is 2.74. The Morgan fingerprint density at radius 3 is 2.28 bits per heavy atom. The van der Waals surface area contributed by atoms with Crippen LogP contribution in [0.3, 0.4) is 0 Å². The molecule has 0 saturated carbocycles. The van der Waals surface area contributed by atoms with E-state index in [1.807, 2.05) is 0 Å². The third kappa shape index (κ3) is 3.62. The second-order valence-electron chi connectivity index (χ2n) is 4.03. The fourth-order valence-electron chi connectivity index (χ4n) is 1.27. The van der Waals surface area contributed by atoms with Gasteiger partial charge in [-0.25, -0.2) is 0 Å². The summed E-state index contributed by atoms with van der Waals surface area (Å²) in [6.07, 6.45) is 0. The molecule has 6 heteroatoms. The number of anilines is 1. The minimum Gasteiger partial charge on any atom is -0.481 e. The van der Waals surface area contributed by atoms with Gasteiger partial charge >= 0.3 is 5.97 Å². The van der Waals surface area contributed by atoms with Gasteiger partial charge in [-0.15, -0.1) is 0 Å². The number of rotatable bonds is 4. The standard InChI is InChI=1S/C12H13Cl2NO3/c1-6(7(2)12(17)18)11(16)15-8-3-4-9(13)10(14)5-8/h3-7H,1-2H3,(H,15,16)(H,17,18). The van der Waals surface area contributed by atoms with Gasteiger partial charge in [0.1, 0.15) is 0 Å². The van der Waals surface area contributed by atoms with E-state index in [4.69, 9.17) is 28.3 Å². The molecule has 18 heavy (non-hydrogen) atoms. The molecule has 0 aliphatic heterocycles. The number of halogens is 2. The first-order valence-electron chi connectivity index (χ1n) is 5.31. The zero-order chi connectivity index (χ0) is 13.9. The lowest BCUT2D eigenvalue weighted by Crippen LogP contribution is -2.29. The smallest absolute Gasteiger partial charge is 0.307 e. The number of amides is 1. The molecule has 98 valence electrons. The molecule has 0 bridgehead atoms. The van der Waals surface area contributed by atoms with Gasteiger partial charge in [0.05, 0.1) is 16.0 Å². The molecule has 0 aromatic heterocycles. The third-order valence-corrected chi connectivity index (χ3v) is 3.48. The predicted octanol–water partition coefficient (Wildman–Crippen LogP) is 3.29. The highest BCUT2D eigenvalue weighted by Gasteiger charge is 2.25. The number of carbonyl (C=O) groups excluding carboxylic acids is 1. The highest BCUT2D eigenvalue weighted by atomic mass is 35.5. The summed E-state index contributed by atoms with van der Waals surface area (Å²) in [5, 5.41) is 12.1. The Morgan fingerprint density at radius 2 is 1.78 bits per heavy atom. The molecular formula is C12H13Cl2NO3.